The molecule has 2 aromatic carbocycles. The minimum atomic E-state index is -3.22. The molecule has 0 amide bonds. The monoisotopic (exact) mass is 502 g/mol. The van der Waals surface area contributed by atoms with Crippen LogP contribution >= 0.6 is 0 Å². The highest BCUT2D eigenvalue weighted by atomic mass is 32.2. The van der Waals surface area contributed by atoms with E-state index in [4.69, 9.17) is 4.98 Å². The smallest absolute Gasteiger partial charge is 0.175 e. The van der Waals surface area contributed by atoms with Crippen LogP contribution in [-0.4, -0.2) is 61.3 Å². The van der Waals surface area contributed by atoms with E-state index >= 15 is 0 Å². The maximum Gasteiger partial charge on any atom is 0.175 e. The summed E-state index contributed by atoms with van der Waals surface area (Å²) in [5.74, 6) is 0. The molecule has 1 aliphatic heterocycles. The van der Waals surface area contributed by atoms with Crippen molar-refractivity contribution in [2.75, 3.05) is 37.3 Å². The van der Waals surface area contributed by atoms with Gasteiger partial charge in [0.15, 0.2) is 9.84 Å². The van der Waals surface area contributed by atoms with Crippen molar-refractivity contribution < 1.29 is 8.42 Å². The van der Waals surface area contributed by atoms with Crippen molar-refractivity contribution in [3.63, 3.8) is 0 Å². The number of anilines is 1. The Bertz CT molecular complexity index is 1500. The van der Waals surface area contributed by atoms with Crippen molar-refractivity contribution in [3.8, 4) is 22.5 Å². The van der Waals surface area contributed by atoms with Crippen LogP contribution in [-0.2, 0) is 16.9 Å². The predicted molar refractivity (Wildman–Crippen MR) is 148 cm³/mol. The lowest BCUT2D eigenvalue weighted by Gasteiger charge is -2.38. The standard InChI is InChI=1S/C29H34N4O2S/c1-20(2)32-14-16-33(17-15-32)24-10-6-22(7-11-24)27-19-29-26(21(3)30-27)18-28(31(29)4)23-8-12-25(13-9-23)36(5,34)35/h6-13,18-20H,14-17H2,1-5H3. The zero-order valence-corrected chi connectivity index (χ0v) is 22.5. The number of nitrogens with zero attached hydrogens (tertiary/aromatic N) is 4. The summed E-state index contributed by atoms with van der Waals surface area (Å²) in [7, 11) is -1.17. The highest BCUT2D eigenvalue weighted by Crippen LogP contribution is 2.32. The summed E-state index contributed by atoms with van der Waals surface area (Å²) >= 11 is 0. The SMILES string of the molecule is Cc1nc(-c2ccc(N3CCN(C(C)C)CC3)cc2)cc2c1cc(-c1ccc(S(C)(=O)=O)cc1)n2C. The van der Waals surface area contributed by atoms with Gasteiger partial charge < -0.3 is 9.47 Å². The first-order chi connectivity index (χ1) is 17.1. The average molecular weight is 503 g/mol. The Hall–Kier alpha value is -3.16. The Morgan fingerprint density at radius 1 is 0.861 bits per heavy atom. The Labute approximate surface area is 214 Å². The molecule has 1 fully saturated rings. The van der Waals surface area contributed by atoms with Gasteiger partial charge in [0.1, 0.15) is 0 Å². The van der Waals surface area contributed by atoms with Crippen LogP contribution in [0.1, 0.15) is 19.5 Å². The third-order valence-corrected chi connectivity index (χ3v) is 8.51. The number of hydrogen-bond acceptors (Lipinski definition) is 5. The van der Waals surface area contributed by atoms with Crippen molar-refractivity contribution >= 4 is 26.4 Å². The van der Waals surface area contributed by atoms with Gasteiger partial charge >= 0.3 is 0 Å². The minimum Gasteiger partial charge on any atom is -0.369 e. The first-order valence-corrected chi connectivity index (χ1v) is 14.4. The quantitative estimate of drug-likeness (QED) is 0.378. The molecule has 4 aromatic rings. The highest BCUT2D eigenvalue weighted by molar-refractivity contribution is 7.90. The average Bonchev–Trinajstić information content (AvgIpc) is 3.20. The summed E-state index contributed by atoms with van der Waals surface area (Å²) in [6.45, 7) is 10.9. The maximum atomic E-state index is 11.8. The van der Waals surface area contributed by atoms with Gasteiger partial charge in [-0.15, -0.1) is 0 Å². The second-order valence-electron chi connectivity index (χ2n) is 10.1. The molecule has 0 bridgehead atoms. The fourth-order valence-electron chi connectivity index (χ4n) is 5.12. The van der Waals surface area contributed by atoms with E-state index in [0.29, 0.717) is 10.9 Å². The van der Waals surface area contributed by atoms with Crippen LogP contribution in [0.3, 0.4) is 0 Å². The lowest BCUT2D eigenvalue weighted by Crippen LogP contribution is -2.48. The third kappa shape index (κ3) is 4.65. The third-order valence-electron chi connectivity index (χ3n) is 7.38. The van der Waals surface area contributed by atoms with E-state index in [1.807, 2.05) is 26.1 Å². The van der Waals surface area contributed by atoms with Gasteiger partial charge in [-0.05, 0) is 62.7 Å². The molecule has 1 saturated heterocycles. The van der Waals surface area contributed by atoms with E-state index in [-0.39, 0.29) is 0 Å². The lowest BCUT2D eigenvalue weighted by molar-refractivity contribution is 0.209. The van der Waals surface area contributed by atoms with Crippen molar-refractivity contribution in [2.24, 2.45) is 7.05 Å². The van der Waals surface area contributed by atoms with Gasteiger partial charge in [-0.25, -0.2) is 8.42 Å². The number of sulfone groups is 1. The Balaban J connectivity index is 1.43. The van der Waals surface area contributed by atoms with Gasteiger partial charge in [-0.2, -0.15) is 0 Å². The van der Waals surface area contributed by atoms with Gasteiger partial charge in [-0.3, -0.25) is 9.88 Å². The number of rotatable bonds is 5. The van der Waals surface area contributed by atoms with Crippen LogP contribution in [0.15, 0.2) is 65.6 Å². The van der Waals surface area contributed by atoms with Gasteiger partial charge in [0.05, 0.1) is 16.1 Å². The number of pyridine rings is 1. The van der Waals surface area contributed by atoms with Crippen LogP contribution in [0.4, 0.5) is 5.69 Å². The molecule has 0 unspecified atom stereocenters. The van der Waals surface area contributed by atoms with Crippen LogP contribution < -0.4 is 4.90 Å². The first-order valence-electron chi connectivity index (χ1n) is 12.5. The molecule has 5 rings (SSSR count). The largest absolute Gasteiger partial charge is 0.369 e. The molecule has 0 radical (unpaired) electrons. The van der Waals surface area contributed by atoms with E-state index < -0.39 is 9.84 Å². The van der Waals surface area contributed by atoms with E-state index in [2.05, 4.69) is 64.6 Å². The molecule has 188 valence electrons. The first kappa shape index (κ1) is 24.5. The van der Waals surface area contributed by atoms with Gasteiger partial charge in [-0.1, -0.05) is 24.3 Å². The van der Waals surface area contributed by atoms with Crippen LogP contribution in [0, 0.1) is 6.92 Å². The number of benzene rings is 2. The minimum absolute atomic E-state index is 0.329. The van der Waals surface area contributed by atoms with Crippen molar-refractivity contribution in [2.45, 2.75) is 31.7 Å². The van der Waals surface area contributed by atoms with E-state index in [1.54, 1.807) is 12.1 Å². The number of hydrogen-bond donors (Lipinski definition) is 0. The lowest BCUT2D eigenvalue weighted by atomic mass is 10.1. The molecule has 0 atom stereocenters. The fraction of sp³-hybridized carbons (Fsp3) is 0.345. The Morgan fingerprint density at radius 2 is 1.47 bits per heavy atom. The van der Waals surface area contributed by atoms with Gasteiger partial charge in [0.25, 0.3) is 0 Å². The summed E-state index contributed by atoms with van der Waals surface area (Å²) in [5, 5.41) is 1.10. The number of fused-ring (bicyclic) bond motifs is 1. The predicted octanol–water partition coefficient (Wildman–Crippen LogP) is 5.15. The molecule has 0 saturated carbocycles. The van der Waals surface area contributed by atoms with Crippen molar-refractivity contribution in [1.29, 1.82) is 0 Å². The Morgan fingerprint density at radius 3 is 2.06 bits per heavy atom. The zero-order chi connectivity index (χ0) is 25.6. The molecule has 0 spiro atoms. The summed E-state index contributed by atoms with van der Waals surface area (Å²) in [6.07, 6.45) is 1.23. The number of aromatic nitrogens is 2. The molecule has 2 aromatic heterocycles. The molecule has 7 heteroatoms. The molecule has 0 N–H and O–H groups in total. The molecule has 36 heavy (non-hydrogen) atoms. The van der Waals surface area contributed by atoms with Crippen LogP contribution in [0.2, 0.25) is 0 Å². The maximum absolute atomic E-state index is 11.8. The Kier molecular flexibility index (Phi) is 6.39. The molecular weight excluding hydrogens is 468 g/mol. The molecule has 3 heterocycles. The normalized spacial score (nSPS) is 15.2. The zero-order valence-electron chi connectivity index (χ0n) is 21.7. The highest BCUT2D eigenvalue weighted by Gasteiger charge is 2.19. The van der Waals surface area contributed by atoms with E-state index in [9.17, 15) is 8.42 Å². The van der Waals surface area contributed by atoms with Gasteiger partial charge in [0, 0.05) is 73.5 Å². The molecular formula is C29H34N4O2S. The summed E-state index contributed by atoms with van der Waals surface area (Å²) in [6, 6.07) is 20.7. The second kappa shape index (κ2) is 9.37. The topological polar surface area (TPSA) is 58.4 Å². The number of aryl methyl sites for hydroxylation is 2. The second-order valence-corrected chi connectivity index (χ2v) is 12.1. The van der Waals surface area contributed by atoms with Crippen molar-refractivity contribution in [1.82, 2.24) is 14.5 Å². The molecule has 0 aliphatic carbocycles. The fourth-order valence-corrected chi connectivity index (χ4v) is 5.75. The van der Waals surface area contributed by atoms with E-state index in [0.717, 1.165) is 65.3 Å². The van der Waals surface area contributed by atoms with Gasteiger partial charge in [0.2, 0.25) is 0 Å². The summed E-state index contributed by atoms with van der Waals surface area (Å²) in [4.78, 5) is 10.2. The van der Waals surface area contributed by atoms with Crippen LogP contribution in [0.5, 0.6) is 0 Å². The summed E-state index contributed by atoms with van der Waals surface area (Å²) < 4.78 is 25.8. The van der Waals surface area contributed by atoms with E-state index in [1.165, 1.54) is 11.9 Å². The van der Waals surface area contributed by atoms with Crippen LogP contribution in [0.25, 0.3) is 33.4 Å². The molecule has 1 aliphatic rings. The summed E-state index contributed by atoms with van der Waals surface area (Å²) in [5.41, 5.74) is 7.41. The number of piperazine rings is 1. The van der Waals surface area contributed by atoms with Crippen molar-refractivity contribution in [3.05, 3.63) is 66.4 Å². The molecule has 6 nitrogen and oxygen atoms in total.